The molecule has 0 unspecified atom stereocenters. The summed E-state index contributed by atoms with van der Waals surface area (Å²) in [4.78, 5) is 0. The van der Waals surface area contributed by atoms with Crippen LogP contribution in [0.25, 0.3) is 0 Å². The van der Waals surface area contributed by atoms with Crippen LogP contribution in [0.3, 0.4) is 0 Å². The summed E-state index contributed by atoms with van der Waals surface area (Å²) in [5.41, 5.74) is 2.34. The average molecular weight is 253 g/mol. The number of rotatable bonds is 6. The summed E-state index contributed by atoms with van der Waals surface area (Å²) in [6.07, 6.45) is 2.82. The molecular weight excluding hydrogens is 234 g/mol. The molecular formula is C17H19NO. The molecule has 2 nitrogen and oxygen atoms in total. The predicted octanol–water partition coefficient (Wildman–Crippen LogP) is 4.42. The highest BCUT2D eigenvalue weighted by Gasteiger charge is 2.09. The number of anilines is 1. The molecule has 2 aromatic rings. The van der Waals surface area contributed by atoms with Gasteiger partial charge in [-0.3, -0.25) is 0 Å². The summed E-state index contributed by atoms with van der Waals surface area (Å²) < 4.78 is 5.16. The Hall–Kier alpha value is -2.22. The van der Waals surface area contributed by atoms with Crippen LogP contribution < -0.4 is 10.1 Å². The largest absolute Gasteiger partial charge is 0.497 e. The van der Waals surface area contributed by atoms with Gasteiger partial charge in [0, 0.05) is 5.69 Å². The predicted molar refractivity (Wildman–Crippen MR) is 80.6 cm³/mol. The zero-order valence-electron chi connectivity index (χ0n) is 11.2. The molecule has 0 spiro atoms. The van der Waals surface area contributed by atoms with Gasteiger partial charge in [0.1, 0.15) is 5.75 Å². The van der Waals surface area contributed by atoms with Crippen molar-refractivity contribution in [2.75, 3.05) is 12.4 Å². The first-order valence-electron chi connectivity index (χ1n) is 6.40. The fraction of sp³-hybridized carbons (Fsp3) is 0.176. The number of hydrogen-bond acceptors (Lipinski definition) is 2. The van der Waals surface area contributed by atoms with E-state index in [9.17, 15) is 0 Å². The van der Waals surface area contributed by atoms with E-state index in [4.69, 9.17) is 4.74 Å². The fourth-order valence-corrected chi connectivity index (χ4v) is 2.02. The van der Waals surface area contributed by atoms with Crippen LogP contribution in [-0.2, 0) is 0 Å². The lowest BCUT2D eigenvalue weighted by atomic mass is 10.0. The first-order chi connectivity index (χ1) is 9.33. The molecule has 0 aliphatic heterocycles. The molecule has 0 aromatic heterocycles. The van der Waals surface area contributed by atoms with E-state index in [2.05, 4.69) is 36.2 Å². The van der Waals surface area contributed by atoms with Gasteiger partial charge in [0.15, 0.2) is 0 Å². The van der Waals surface area contributed by atoms with Gasteiger partial charge in [0.05, 0.1) is 13.2 Å². The van der Waals surface area contributed by atoms with Gasteiger partial charge in [-0.15, -0.1) is 6.58 Å². The molecule has 2 rings (SSSR count). The van der Waals surface area contributed by atoms with E-state index in [0.29, 0.717) is 0 Å². The minimum atomic E-state index is 0.243. The Morgan fingerprint density at radius 2 is 1.79 bits per heavy atom. The third-order valence-electron chi connectivity index (χ3n) is 3.04. The third-order valence-corrected chi connectivity index (χ3v) is 3.04. The van der Waals surface area contributed by atoms with Crippen LogP contribution in [0.15, 0.2) is 67.3 Å². The van der Waals surface area contributed by atoms with Gasteiger partial charge in [-0.1, -0.05) is 36.4 Å². The Balaban J connectivity index is 2.14. The van der Waals surface area contributed by atoms with E-state index in [1.165, 1.54) is 5.56 Å². The second-order valence-electron chi connectivity index (χ2n) is 4.36. The second kappa shape index (κ2) is 6.64. The maximum Gasteiger partial charge on any atom is 0.119 e. The van der Waals surface area contributed by atoms with Crippen molar-refractivity contribution in [1.29, 1.82) is 0 Å². The van der Waals surface area contributed by atoms with Gasteiger partial charge in [-0.25, -0.2) is 0 Å². The minimum Gasteiger partial charge on any atom is -0.497 e. The zero-order valence-corrected chi connectivity index (χ0v) is 11.2. The zero-order chi connectivity index (χ0) is 13.5. The molecule has 0 heterocycles. The first-order valence-corrected chi connectivity index (χ1v) is 6.40. The summed E-state index contributed by atoms with van der Waals surface area (Å²) in [7, 11) is 1.67. The van der Waals surface area contributed by atoms with Crippen LogP contribution in [0, 0.1) is 0 Å². The number of nitrogens with one attached hydrogen (secondary N) is 1. The van der Waals surface area contributed by atoms with Crippen molar-refractivity contribution in [2.24, 2.45) is 0 Å². The van der Waals surface area contributed by atoms with Crippen molar-refractivity contribution in [1.82, 2.24) is 0 Å². The van der Waals surface area contributed by atoms with E-state index in [-0.39, 0.29) is 6.04 Å². The highest BCUT2D eigenvalue weighted by Crippen LogP contribution is 2.24. The summed E-state index contributed by atoms with van der Waals surface area (Å²) in [5, 5.41) is 3.52. The molecule has 19 heavy (non-hydrogen) atoms. The van der Waals surface area contributed by atoms with Gasteiger partial charge in [0.2, 0.25) is 0 Å². The van der Waals surface area contributed by atoms with Crippen LogP contribution in [0.5, 0.6) is 5.75 Å². The highest BCUT2D eigenvalue weighted by atomic mass is 16.5. The van der Waals surface area contributed by atoms with Crippen molar-refractivity contribution in [2.45, 2.75) is 12.5 Å². The molecule has 0 amide bonds. The quantitative estimate of drug-likeness (QED) is 0.769. The Kier molecular flexibility index (Phi) is 4.62. The Morgan fingerprint density at radius 1 is 1.11 bits per heavy atom. The van der Waals surface area contributed by atoms with Crippen molar-refractivity contribution in [3.05, 3.63) is 72.8 Å². The summed E-state index contributed by atoms with van der Waals surface area (Å²) in [6, 6.07) is 18.6. The van der Waals surface area contributed by atoms with Crippen LogP contribution >= 0.6 is 0 Å². The van der Waals surface area contributed by atoms with Gasteiger partial charge < -0.3 is 10.1 Å². The van der Waals surface area contributed by atoms with Crippen molar-refractivity contribution >= 4 is 5.69 Å². The monoisotopic (exact) mass is 253 g/mol. The Labute approximate surface area is 114 Å². The normalized spacial score (nSPS) is 11.6. The summed E-state index contributed by atoms with van der Waals surface area (Å²) in [5.74, 6) is 0.866. The SMILES string of the molecule is C=CC[C@@H](Nc1ccc(OC)cc1)c1ccccc1. The lowest BCUT2D eigenvalue weighted by Crippen LogP contribution is -2.09. The third kappa shape index (κ3) is 3.62. The van der Waals surface area contributed by atoms with Crippen molar-refractivity contribution in [3.63, 3.8) is 0 Å². The number of benzene rings is 2. The molecule has 2 heteroatoms. The molecule has 1 N–H and O–H groups in total. The van der Waals surface area contributed by atoms with Crippen LogP contribution in [-0.4, -0.2) is 7.11 Å². The smallest absolute Gasteiger partial charge is 0.119 e. The number of hydrogen-bond donors (Lipinski definition) is 1. The molecule has 0 aliphatic carbocycles. The van der Waals surface area contributed by atoms with Gasteiger partial charge in [0.25, 0.3) is 0 Å². The van der Waals surface area contributed by atoms with E-state index < -0.39 is 0 Å². The molecule has 1 atom stereocenters. The molecule has 0 saturated carbocycles. The molecule has 98 valence electrons. The molecule has 0 radical (unpaired) electrons. The van der Waals surface area contributed by atoms with Crippen LogP contribution in [0.1, 0.15) is 18.0 Å². The highest BCUT2D eigenvalue weighted by molar-refractivity contribution is 5.48. The summed E-state index contributed by atoms with van der Waals surface area (Å²) in [6.45, 7) is 3.83. The molecule has 0 fully saturated rings. The number of methoxy groups -OCH3 is 1. The maximum atomic E-state index is 5.16. The van der Waals surface area contributed by atoms with Crippen LogP contribution in [0.4, 0.5) is 5.69 Å². The van der Waals surface area contributed by atoms with E-state index >= 15 is 0 Å². The standard InChI is InChI=1S/C17H19NO/c1-3-7-17(14-8-5-4-6-9-14)18-15-10-12-16(19-2)13-11-15/h3-6,8-13,17-18H,1,7H2,2H3/t17-/m1/s1. The van der Waals surface area contributed by atoms with Gasteiger partial charge in [-0.05, 0) is 36.2 Å². The van der Waals surface area contributed by atoms with Gasteiger partial charge in [-0.2, -0.15) is 0 Å². The molecule has 2 aromatic carbocycles. The molecule has 0 saturated heterocycles. The fourth-order valence-electron chi connectivity index (χ4n) is 2.02. The molecule has 0 bridgehead atoms. The lowest BCUT2D eigenvalue weighted by Gasteiger charge is -2.19. The van der Waals surface area contributed by atoms with Gasteiger partial charge >= 0.3 is 0 Å². The average Bonchev–Trinajstić information content (AvgIpc) is 2.48. The lowest BCUT2D eigenvalue weighted by molar-refractivity contribution is 0.415. The summed E-state index contributed by atoms with van der Waals surface area (Å²) >= 11 is 0. The van der Waals surface area contributed by atoms with E-state index in [1.807, 2.05) is 36.4 Å². The topological polar surface area (TPSA) is 21.3 Å². The van der Waals surface area contributed by atoms with E-state index in [0.717, 1.165) is 17.9 Å². The Morgan fingerprint density at radius 3 is 2.37 bits per heavy atom. The van der Waals surface area contributed by atoms with Crippen molar-refractivity contribution < 1.29 is 4.74 Å². The Bertz CT molecular complexity index is 505. The first kappa shape index (κ1) is 13.2. The molecule has 0 aliphatic rings. The van der Waals surface area contributed by atoms with Crippen molar-refractivity contribution in [3.8, 4) is 5.75 Å². The minimum absolute atomic E-state index is 0.243. The van der Waals surface area contributed by atoms with Crippen LogP contribution in [0.2, 0.25) is 0 Å². The maximum absolute atomic E-state index is 5.16. The van der Waals surface area contributed by atoms with E-state index in [1.54, 1.807) is 7.11 Å². The second-order valence-corrected chi connectivity index (χ2v) is 4.36. The number of ether oxygens (including phenoxy) is 1.